The van der Waals surface area contributed by atoms with Gasteiger partial charge in [0.15, 0.2) is 0 Å². The summed E-state index contributed by atoms with van der Waals surface area (Å²) in [6.45, 7) is 9.97. The molecule has 1 atom stereocenters. The maximum absolute atomic E-state index is 9.48. The number of rotatable bonds is 4. The Morgan fingerprint density at radius 1 is 1.04 bits per heavy atom. The van der Waals surface area contributed by atoms with Gasteiger partial charge in [-0.3, -0.25) is 14.8 Å². The molecule has 0 bridgehead atoms. The van der Waals surface area contributed by atoms with Crippen LogP contribution in [-0.2, 0) is 11.4 Å². The van der Waals surface area contributed by atoms with Crippen LogP contribution in [0, 0.1) is 6.92 Å². The van der Waals surface area contributed by atoms with E-state index in [4.69, 9.17) is 4.84 Å². The van der Waals surface area contributed by atoms with E-state index >= 15 is 0 Å². The molecule has 2 heterocycles. The van der Waals surface area contributed by atoms with Gasteiger partial charge in [-0.15, -0.1) is 0 Å². The summed E-state index contributed by atoms with van der Waals surface area (Å²) in [6.07, 6.45) is 2.26. The zero-order valence-corrected chi connectivity index (χ0v) is 16.0. The normalized spacial score (nSPS) is 21.7. The van der Waals surface area contributed by atoms with E-state index in [-0.39, 0.29) is 6.04 Å². The van der Waals surface area contributed by atoms with Crippen LogP contribution in [0.15, 0.2) is 60.8 Å². The predicted molar refractivity (Wildman–Crippen MR) is 107 cm³/mol. The molecule has 2 fully saturated rings. The third-order valence-corrected chi connectivity index (χ3v) is 5.87. The minimum absolute atomic E-state index is 0.274. The van der Waals surface area contributed by atoms with Crippen molar-refractivity contribution < 1.29 is 9.94 Å². The SMILES string of the molecule is C=C1C(N2CCC(c3ccc(O)cc3)CC2)CON1Cc1ccc(C)cc1. The van der Waals surface area contributed by atoms with Gasteiger partial charge in [0.05, 0.1) is 24.9 Å². The molecule has 4 nitrogen and oxygen atoms in total. The van der Waals surface area contributed by atoms with Crippen LogP contribution >= 0.6 is 0 Å². The van der Waals surface area contributed by atoms with Gasteiger partial charge in [-0.05, 0) is 62.0 Å². The largest absolute Gasteiger partial charge is 0.508 e. The average Bonchev–Trinajstić information content (AvgIpc) is 3.05. The topological polar surface area (TPSA) is 35.9 Å². The van der Waals surface area contributed by atoms with Crippen molar-refractivity contribution in [3.8, 4) is 5.75 Å². The number of phenols is 1. The minimum Gasteiger partial charge on any atom is -0.508 e. The first-order valence-electron chi connectivity index (χ1n) is 9.78. The standard InChI is InChI=1S/C23H28N2O2/c1-17-3-5-19(6-4-17)15-25-18(2)23(16-27-25)24-13-11-21(12-14-24)20-7-9-22(26)10-8-20/h3-10,21,23,26H,2,11-16H2,1H3. The number of benzene rings is 2. The van der Waals surface area contributed by atoms with Gasteiger partial charge in [0.1, 0.15) is 5.75 Å². The van der Waals surface area contributed by atoms with Crippen LogP contribution in [0.5, 0.6) is 5.75 Å². The molecule has 142 valence electrons. The number of phenolic OH excluding ortho intramolecular Hbond substituents is 1. The van der Waals surface area contributed by atoms with E-state index in [9.17, 15) is 5.11 Å². The van der Waals surface area contributed by atoms with E-state index in [1.807, 2.05) is 5.06 Å². The van der Waals surface area contributed by atoms with Gasteiger partial charge in [0.25, 0.3) is 0 Å². The molecule has 2 aromatic carbocycles. The average molecular weight is 364 g/mol. The number of likely N-dealkylation sites (tertiary alicyclic amines) is 1. The molecule has 2 saturated heterocycles. The fraction of sp³-hybridized carbons (Fsp3) is 0.391. The summed E-state index contributed by atoms with van der Waals surface area (Å²) in [4.78, 5) is 8.46. The second-order valence-electron chi connectivity index (χ2n) is 7.73. The van der Waals surface area contributed by atoms with Crippen molar-refractivity contribution in [1.82, 2.24) is 9.96 Å². The first kappa shape index (κ1) is 18.1. The Bertz CT molecular complexity index is 777. The lowest BCUT2D eigenvalue weighted by Crippen LogP contribution is -2.42. The fourth-order valence-corrected chi connectivity index (χ4v) is 4.12. The van der Waals surface area contributed by atoms with Crippen molar-refractivity contribution in [2.75, 3.05) is 19.7 Å². The highest BCUT2D eigenvalue weighted by molar-refractivity contribution is 5.29. The van der Waals surface area contributed by atoms with Crippen LogP contribution in [0.1, 0.15) is 35.4 Å². The lowest BCUT2D eigenvalue weighted by molar-refractivity contribution is -0.100. The fourth-order valence-electron chi connectivity index (χ4n) is 4.12. The molecule has 27 heavy (non-hydrogen) atoms. The van der Waals surface area contributed by atoms with Crippen LogP contribution in [0.3, 0.4) is 0 Å². The molecule has 2 aromatic rings. The number of nitrogens with zero attached hydrogens (tertiary/aromatic N) is 2. The van der Waals surface area contributed by atoms with Crippen LogP contribution in [0.4, 0.5) is 0 Å². The van der Waals surface area contributed by atoms with Gasteiger partial charge in [0.2, 0.25) is 0 Å². The highest BCUT2D eigenvalue weighted by Crippen LogP contribution is 2.33. The summed E-state index contributed by atoms with van der Waals surface area (Å²) < 4.78 is 0. The van der Waals surface area contributed by atoms with Crippen molar-refractivity contribution in [2.45, 2.75) is 38.3 Å². The summed E-state index contributed by atoms with van der Waals surface area (Å²) in [5.41, 5.74) is 4.91. The smallest absolute Gasteiger partial charge is 0.115 e. The van der Waals surface area contributed by atoms with Gasteiger partial charge in [0, 0.05) is 0 Å². The van der Waals surface area contributed by atoms with Gasteiger partial charge < -0.3 is 5.11 Å². The second kappa shape index (κ2) is 7.75. The first-order chi connectivity index (χ1) is 13.1. The number of aryl methyl sites for hydroxylation is 1. The number of piperidine rings is 1. The van der Waals surface area contributed by atoms with Crippen molar-refractivity contribution in [3.63, 3.8) is 0 Å². The molecule has 0 spiro atoms. The molecule has 2 aliphatic heterocycles. The van der Waals surface area contributed by atoms with Crippen LogP contribution in [0.25, 0.3) is 0 Å². The highest BCUT2D eigenvalue weighted by Gasteiger charge is 2.34. The summed E-state index contributed by atoms with van der Waals surface area (Å²) in [5, 5.41) is 11.4. The Morgan fingerprint density at radius 3 is 2.37 bits per heavy atom. The Hall–Kier alpha value is -2.30. The summed E-state index contributed by atoms with van der Waals surface area (Å²) >= 11 is 0. The molecule has 0 aromatic heterocycles. The number of hydrogen-bond donors (Lipinski definition) is 1. The van der Waals surface area contributed by atoms with Crippen LogP contribution < -0.4 is 0 Å². The zero-order valence-electron chi connectivity index (χ0n) is 16.0. The molecule has 1 unspecified atom stereocenters. The van der Waals surface area contributed by atoms with Crippen molar-refractivity contribution in [2.24, 2.45) is 0 Å². The zero-order chi connectivity index (χ0) is 18.8. The molecule has 1 N–H and O–H groups in total. The van der Waals surface area contributed by atoms with Crippen LogP contribution in [0.2, 0.25) is 0 Å². The van der Waals surface area contributed by atoms with Gasteiger partial charge in [-0.2, -0.15) is 0 Å². The third kappa shape index (κ3) is 4.02. The molecule has 0 saturated carbocycles. The predicted octanol–water partition coefficient (Wildman–Crippen LogP) is 4.21. The van der Waals surface area contributed by atoms with Gasteiger partial charge >= 0.3 is 0 Å². The van der Waals surface area contributed by atoms with E-state index < -0.39 is 0 Å². The van der Waals surface area contributed by atoms with E-state index in [1.54, 1.807) is 12.1 Å². The first-order valence-corrected chi connectivity index (χ1v) is 9.78. The van der Waals surface area contributed by atoms with E-state index in [1.165, 1.54) is 16.7 Å². The molecular weight excluding hydrogens is 336 g/mol. The number of hydrogen-bond acceptors (Lipinski definition) is 4. The highest BCUT2D eigenvalue weighted by atomic mass is 16.7. The number of aromatic hydroxyl groups is 1. The Balaban J connectivity index is 1.33. The molecule has 4 heteroatoms. The van der Waals surface area contributed by atoms with Gasteiger partial charge in [-0.1, -0.05) is 48.5 Å². The Labute approximate surface area is 161 Å². The summed E-state index contributed by atoms with van der Waals surface area (Å²) in [6, 6.07) is 16.5. The van der Waals surface area contributed by atoms with Crippen molar-refractivity contribution in [3.05, 3.63) is 77.5 Å². The molecular formula is C23H28N2O2. The minimum atomic E-state index is 0.274. The lowest BCUT2D eigenvalue weighted by atomic mass is 9.89. The van der Waals surface area contributed by atoms with E-state index in [2.05, 4.69) is 54.8 Å². The molecule has 0 amide bonds. The molecule has 2 aliphatic rings. The van der Waals surface area contributed by atoms with Crippen molar-refractivity contribution in [1.29, 1.82) is 0 Å². The Morgan fingerprint density at radius 2 is 1.70 bits per heavy atom. The number of hydroxylamine groups is 2. The monoisotopic (exact) mass is 364 g/mol. The maximum Gasteiger partial charge on any atom is 0.115 e. The van der Waals surface area contributed by atoms with Gasteiger partial charge in [-0.25, -0.2) is 0 Å². The summed E-state index contributed by atoms with van der Waals surface area (Å²) in [7, 11) is 0. The van der Waals surface area contributed by atoms with E-state index in [0.717, 1.165) is 38.2 Å². The van der Waals surface area contributed by atoms with E-state index in [0.29, 0.717) is 18.3 Å². The molecule has 0 radical (unpaired) electrons. The van der Waals surface area contributed by atoms with Crippen molar-refractivity contribution >= 4 is 0 Å². The third-order valence-electron chi connectivity index (χ3n) is 5.87. The molecule has 0 aliphatic carbocycles. The maximum atomic E-state index is 9.48. The lowest BCUT2D eigenvalue weighted by Gasteiger charge is -2.35. The summed E-state index contributed by atoms with van der Waals surface area (Å²) in [5.74, 6) is 0.908. The van der Waals surface area contributed by atoms with Crippen LogP contribution in [-0.4, -0.2) is 40.8 Å². The Kier molecular flexibility index (Phi) is 5.19. The second-order valence-corrected chi connectivity index (χ2v) is 7.73. The quantitative estimate of drug-likeness (QED) is 0.882. The molecule has 4 rings (SSSR count).